The van der Waals surface area contributed by atoms with Crippen molar-refractivity contribution in [3.8, 4) is 0 Å². The number of nitrogens with two attached hydrogens (primary N) is 1. The van der Waals surface area contributed by atoms with E-state index in [1.807, 2.05) is 0 Å². The Morgan fingerprint density at radius 2 is 0.588 bits per heavy atom. The summed E-state index contributed by atoms with van der Waals surface area (Å²) >= 11 is 0. The zero-order valence-corrected chi connectivity index (χ0v) is 59.5. The van der Waals surface area contributed by atoms with Crippen molar-refractivity contribution < 1.29 is 222 Å². The van der Waals surface area contributed by atoms with E-state index < -0.39 is 248 Å². The van der Waals surface area contributed by atoms with Gasteiger partial charge in [-0.15, -0.1) is 0 Å². The third-order valence-electron chi connectivity index (χ3n) is 14.9. The molecule has 5 aliphatic heterocycles. The first-order valence-corrected chi connectivity index (χ1v) is 37.2. The lowest BCUT2D eigenvalue weighted by atomic mass is 9.94. The highest BCUT2D eigenvalue weighted by molar-refractivity contribution is 7.82. The Hall–Kier alpha value is -2.72. The van der Waals surface area contributed by atoms with Gasteiger partial charge in [0.2, 0.25) is 0 Å². The molecule has 5 heterocycles. The fourth-order valence-electron chi connectivity index (χ4n) is 11.0. The van der Waals surface area contributed by atoms with Crippen LogP contribution in [0.2, 0.25) is 0 Å². The maximum Gasteiger partial charge on any atom is 0.397 e. The molecule has 0 aromatic rings. The van der Waals surface area contributed by atoms with Crippen LogP contribution >= 0.6 is 0 Å². The van der Waals surface area contributed by atoms with Crippen LogP contribution in [0.5, 0.6) is 0 Å². The molecule has 0 aromatic heterocycles. The fourth-order valence-corrected chi connectivity index (χ4v) is 13.4. The van der Waals surface area contributed by atoms with Gasteiger partial charge in [-0.05, 0) is 0 Å². The highest BCUT2D eigenvalue weighted by Crippen LogP contribution is 2.41. The topological polar surface area (TPSA) is 676 Å². The summed E-state index contributed by atoms with van der Waals surface area (Å²) < 4.78 is 354. The van der Waals surface area contributed by atoms with Crippen molar-refractivity contribution in [1.82, 2.24) is 0 Å². The predicted octanol–water partition coefficient (Wildman–Crippen LogP) is -7.51. The monoisotopic (exact) mass is 1620 g/mol. The summed E-state index contributed by atoms with van der Waals surface area (Å²) in [6.45, 7) is -3.11. The maximum absolute atomic E-state index is 13.4. The van der Waals surface area contributed by atoms with E-state index in [1.54, 1.807) is 0 Å². The Morgan fingerprint density at radius 1 is 0.314 bits per heavy atom. The summed E-state index contributed by atoms with van der Waals surface area (Å²) in [5.41, 5.74) is 5.38. The second-order valence-corrected chi connectivity index (χ2v) is 27.7. The first-order chi connectivity index (χ1) is 47.6. The normalized spacial score (nSPS) is 35.5. The van der Waals surface area contributed by atoms with Crippen molar-refractivity contribution in [1.29, 1.82) is 0 Å². The molecular formula is C46H81NO49S6. The standard InChI is InChI=1S/C46H81NO49S6/c1-70-26-23(81-16-15-80-14-13-79-12-11-78-10-9-47)20(17-82-97(52,53)54)86-43(35(26)74-5)90-30-28(72-3)37(76-7)45(93-33(30)40(48)49)89-25-22(19-84-99(58,59)60)87-46(39(96-102(67,68)69)32(25)94-100(61,62)63)91-31-29(73-4)36(75-6)44(92-34(31)41(50)51)88-24-21(18-83-98(55,56)57)85-42(77-8)38(27(24)71-2)95-101(64,65)66/h20-39,42-46H,9-19,47H2,1-8H3,(H,48,49)(H,50,51)(H,52,53,54)(H,55,56,57)(H,58,59,60)(H,61,62,63)(H,64,65,66)(H,67,68,69)/t20-,21-,22-,23-,24-,25-,26+,27+,28+,29+,30+,31+,32+,33+,34-,35-,36-,37-,38-,39-,42+,43-,44-,45-,46-/m1/s1. The van der Waals surface area contributed by atoms with Gasteiger partial charge in [0.05, 0.1) is 66.1 Å². The first kappa shape index (κ1) is 89.9. The highest BCUT2D eigenvalue weighted by atomic mass is 32.3. The molecule has 0 aromatic carbocycles. The van der Waals surface area contributed by atoms with Gasteiger partial charge in [0.1, 0.15) is 97.7 Å². The number of methoxy groups -OCH3 is 8. The van der Waals surface area contributed by atoms with Crippen molar-refractivity contribution in [3.63, 3.8) is 0 Å². The smallest absolute Gasteiger partial charge is 0.397 e. The van der Waals surface area contributed by atoms with E-state index in [2.05, 4.69) is 12.5 Å². The van der Waals surface area contributed by atoms with E-state index in [4.69, 9.17) is 118 Å². The predicted molar refractivity (Wildman–Crippen MR) is 314 cm³/mol. The van der Waals surface area contributed by atoms with Crippen LogP contribution in [0.3, 0.4) is 0 Å². The molecular weight excluding hydrogens is 1540 g/mol. The molecule has 5 aliphatic rings. The number of carboxylic acid groups (broad SMARTS) is 2. The van der Waals surface area contributed by atoms with Gasteiger partial charge in [-0.25, -0.2) is 34.7 Å². The third kappa shape index (κ3) is 26.8. The summed E-state index contributed by atoms with van der Waals surface area (Å²) in [4.78, 5) is 26.8. The number of hydrogen-bond donors (Lipinski definition) is 9. The molecule has 56 heteroatoms. The van der Waals surface area contributed by atoms with E-state index in [-0.39, 0.29) is 39.6 Å². The number of carbonyl (C=O) groups is 2. The van der Waals surface area contributed by atoms with Crippen LogP contribution in [0.25, 0.3) is 0 Å². The lowest BCUT2D eigenvalue weighted by molar-refractivity contribution is -0.389. The molecule has 0 bridgehead atoms. The fraction of sp³-hybridized carbons (Fsp3) is 0.957. The van der Waals surface area contributed by atoms with Crippen molar-refractivity contribution in [2.24, 2.45) is 5.73 Å². The number of rotatable bonds is 45. The summed E-state index contributed by atoms with van der Waals surface area (Å²) in [6.07, 6.45) is -55.1. The van der Waals surface area contributed by atoms with Crippen LogP contribution in [0.4, 0.5) is 0 Å². The van der Waals surface area contributed by atoms with Gasteiger partial charge >= 0.3 is 74.3 Å². The van der Waals surface area contributed by atoms with Gasteiger partial charge in [0.25, 0.3) is 0 Å². The molecule has 5 fully saturated rings. The van der Waals surface area contributed by atoms with E-state index in [0.717, 1.165) is 56.9 Å². The molecule has 5 rings (SSSR count). The number of carboxylic acids is 2. The minimum absolute atomic E-state index is 0.0630. The first-order valence-electron chi connectivity index (χ1n) is 29.1. The van der Waals surface area contributed by atoms with Gasteiger partial charge in [-0.3, -0.25) is 27.3 Å². The Kier molecular flexibility index (Phi) is 35.3. The molecule has 5 saturated heterocycles. The Labute approximate surface area is 582 Å². The molecule has 600 valence electrons. The molecule has 0 amide bonds. The minimum atomic E-state index is -6.17. The second kappa shape index (κ2) is 40.1. The molecule has 25 atom stereocenters. The van der Waals surface area contributed by atoms with Gasteiger partial charge < -0.3 is 115 Å². The van der Waals surface area contributed by atoms with E-state index in [9.17, 15) is 97.6 Å². The lowest BCUT2D eigenvalue weighted by Crippen LogP contribution is -2.70. The van der Waals surface area contributed by atoms with Crippen LogP contribution in [-0.4, -0.2) is 383 Å². The Bertz CT molecular complexity index is 3300. The summed E-state index contributed by atoms with van der Waals surface area (Å²) in [6, 6.07) is 0. The summed E-state index contributed by atoms with van der Waals surface area (Å²) in [7, 11) is -26.7. The van der Waals surface area contributed by atoms with Crippen LogP contribution in [0.15, 0.2) is 0 Å². The van der Waals surface area contributed by atoms with Gasteiger partial charge in [-0.2, -0.15) is 50.5 Å². The Morgan fingerprint density at radius 3 is 0.922 bits per heavy atom. The van der Waals surface area contributed by atoms with Crippen molar-refractivity contribution >= 4 is 74.3 Å². The van der Waals surface area contributed by atoms with Crippen LogP contribution < -0.4 is 5.73 Å². The summed E-state index contributed by atoms with van der Waals surface area (Å²) in [5.74, 6) is -4.14. The van der Waals surface area contributed by atoms with Gasteiger partial charge in [0.15, 0.2) is 55.9 Å². The summed E-state index contributed by atoms with van der Waals surface area (Å²) in [5, 5.41) is 21.6. The maximum atomic E-state index is 13.4. The zero-order valence-electron chi connectivity index (χ0n) is 54.6. The van der Waals surface area contributed by atoms with E-state index in [1.165, 1.54) is 0 Å². The molecule has 50 nitrogen and oxygen atoms in total. The van der Waals surface area contributed by atoms with Crippen LogP contribution in [0.1, 0.15) is 0 Å². The van der Waals surface area contributed by atoms with Crippen molar-refractivity contribution in [2.75, 3.05) is 129 Å². The molecule has 0 saturated carbocycles. The zero-order chi connectivity index (χ0) is 76.5. The quantitative estimate of drug-likeness (QED) is 0.0202. The number of hydrogen-bond acceptors (Lipinski definition) is 42. The van der Waals surface area contributed by atoms with Crippen LogP contribution in [0, 0.1) is 0 Å². The molecule has 0 unspecified atom stereocenters. The highest BCUT2D eigenvalue weighted by Gasteiger charge is 2.62. The average molecular weight is 1620 g/mol. The molecule has 0 aliphatic carbocycles. The lowest BCUT2D eigenvalue weighted by Gasteiger charge is -2.51. The van der Waals surface area contributed by atoms with E-state index in [0.29, 0.717) is 13.2 Å². The molecule has 10 N–H and O–H groups in total. The van der Waals surface area contributed by atoms with Gasteiger partial charge in [0, 0.05) is 63.4 Å². The van der Waals surface area contributed by atoms with E-state index >= 15 is 0 Å². The second-order valence-electron chi connectivity index (χ2n) is 21.3. The average Bonchev–Trinajstić information content (AvgIpc) is 0.759. The van der Waals surface area contributed by atoms with Crippen molar-refractivity contribution in [2.45, 2.75) is 154 Å². The largest absolute Gasteiger partial charge is 0.479 e. The van der Waals surface area contributed by atoms with Crippen molar-refractivity contribution in [3.05, 3.63) is 0 Å². The Balaban J connectivity index is 1.54. The molecule has 0 radical (unpaired) electrons. The SMILES string of the molecule is CO[C@H]1O[C@H](COS(=O)(=O)O)[C@@H](O[C@@H]2O[C@@H](C(=O)O)[C@@H](O[C@H]3O[C@H](COS(=O)(=O)O)[C@@H](O[C@@H]4O[C@H](C(=O)O)[C@@H](O[C@H]5O[C@H](COS(=O)(=O)O)[C@@H](OCCOCCOCCOCCN)[C@H](OC)[C@H]5OC)[C@H](OC)[C@H]4OC)[C@H](OS(=O)(=O)O)[C@H]3OS(=O)(=O)O)[C@H](OC)[C@H]2OC)[C@H](OC)[C@H]1OS(=O)(=O)O. The minimum Gasteiger partial charge on any atom is -0.479 e. The number of ether oxygens (including phenoxy) is 21. The molecule has 0 spiro atoms. The third-order valence-corrected chi connectivity index (χ3v) is 17.6. The molecule has 102 heavy (non-hydrogen) atoms. The number of aliphatic carboxylic acids is 2. The van der Waals surface area contributed by atoms with Gasteiger partial charge in [-0.1, -0.05) is 0 Å². The van der Waals surface area contributed by atoms with Crippen LogP contribution in [-0.2, 0) is 197 Å².